The van der Waals surface area contributed by atoms with E-state index >= 15 is 0 Å². The van der Waals surface area contributed by atoms with Crippen LogP contribution in [0, 0.1) is 0 Å². The Labute approximate surface area is 90.2 Å². The van der Waals surface area contributed by atoms with Gasteiger partial charge >= 0.3 is 0 Å². The molecule has 0 fully saturated rings. The molecule has 0 spiro atoms. The Hall–Kier alpha value is -0.300. The molecule has 0 aromatic heterocycles. The van der Waals surface area contributed by atoms with Crippen LogP contribution in [0.3, 0.4) is 0 Å². The predicted molar refractivity (Wildman–Crippen MR) is 65.7 cm³/mol. The molecule has 0 rings (SSSR count). The minimum Gasteiger partial charge on any atom is -0.297 e. The van der Waals surface area contributed by atoms with Crippen LogP contribution in [0.5, 0.6) is 0 Å². The first-order valence-electron chi connectivity index (χ1n) is 6.20. The Balaban J connectivity index is 4.17. The van der Waals surface area contributed by atoms with Crippen molar-refractivity contribution in [2.45, 2.75) is 59.4 Å². The summed E-state index contributed by atoms with van der Waals surface area (Å²) in [6, 6.07) is 0.662. The number of hydrogen-bond acceptors (Lipinski definition) is 1. The van der Waals surface area contributed by atoms with Crippen molar-refractivity contribution in [3.05, 3.63) is 12.2 Å². The van der Waals surface area contributed by atoms with E-state index in [9.17, 15) is 0 Å². The van der Waals surface area contributed by atoms with Gasteiger partial charge in [0.05, 0.1) is 0 Å². The minimum atomic E-state index is 0.662. The van der Waals surface area contributed by atoms with Crippen LogP contribution < -0.4 is 0 Å². The lowest BCUT2D eigenvalue weighted by Gasteiger charge is -2.28. The molecule has 0 N–H and O–H groups in total. The molecule has 0 aliphatic rings. The van der Waals surface area contributed by atoms with Crippen LogP contribution in [0.15, 0.2) is 12.2 Å². The average Bonchev–Trinajstić information content (AvgIpc) is 2.19. The molecule has 1 nitrogen and oxygen atoms in total. The lowest BCUT2D eigenvalue weighted by Crippen LogP contribution is -2.34. The summed E-state index contributed by atoms with van der Waals surface area (Å²) in [5.41, 5.74) is 0. The quantitative estimate of drug-likeness (QED) is 0.534. The zero-order valence-electron chi connectivity index (χ0n) is 10.4. The highest BCUT2D eigenvalue weighted by Gasteiger charge is 2.11. The first kappa shape index (κ1) is 13.7. The molecule has 0 saturated heterocycles. The Morgan fingerprint density at radius 3 is 1.93 bits per heavy atom. The summed E-state index contributed by atoms with van der Waals surface area (Å²) >= 11 is 0. The van der Waals surface area contributed by atoms with Crippen molar-refractivity contribution in [1.29, 1.82) is 0 Å². The van der Waals surface area contributed by atoms with E-state index in [-0.39, 0.29) is 0 Å². The van der Waals surface area contributed by atoms with Gasteiger partial charge in [-0.05, 0) is 38.8 Å². The topological polar surface area (TPSA) is 3.24 Å². The molecule has 14 heavy (non-hydrogen) atoms. The molecule has 0 aliphatic heterocycles. The van der Waals surface area contributed by atoms with Crippen molar-refractivity contribution in [2.75, 3.05) is 13.1 Å². The highest BCUT2D eigenvalue weighted by molar-refractivity contribution is 4.93. The number of rotatable bonds is 8. The van der Waals surface area contributed by atoms with Gasteiger partial charge in [-0.25, -0.2) is 0 Å². The molecule has 84 valence electrons. The predicted octanol–water partition coefficient (Wildman–Crippen LogP) is 3.85. The summed E-state index contributed by atoms with van der Waals surface area (Å²) in [7, 11) is 0. The molecule has 0 bridgehead atoms. The molecule has 0 amide bonds. The maximum Gasteiger partial charge on any atom is 0.0275 e. The molecular formula is C13H27N. The second kappa shape index (κ2) is 9.26. The van der Waals surface area contributed by atoms with E-state index in [1.165, 1.54) is 32.4 Å². The van der Waals surface area contributed by atoms with E-state index in [1.807, 2.05) is 0 Å². The molecule has 0 aromatic rings. The second-order valence-corrected chi connectivity index (χ2v) is 3.85. The van der Waals surface area contributed by atoms with E-state index in [0.29, 0.717) is 6.04 Å². The normalized spacial score (nSPS) is 14.1. The molecule has 1 heteroatoms. The maximum absolute atomic E-state index is 2.60. The van der Waals surface area contributed by atoms with Crippen LogP contribution in [-0.2, 0) is 0 Å². The Morgan fingerprint density at radius 1 is 1.00 bits per heavy atom. The van der Waals surface area contributed by atoms with Gasteiger partial charge in [-0.15, -0.1) is 0 Å². The maximum atomic E-state index is 2.60. The Morgan fingerprint density at radius 2 is 1.57 bits per heavy atom. The SMILES string of the molecule is CCC=CC(CC)N(CCC)CCC. The van der Waals surface area contributed by atoms with Crippen LogP contribution in [0.2, 0.25) is 0 Å². The van der Waals surface area contributed by atoms with Crippen molar-refractivity contribution in [1.82, 2.24) is 4.90 Å². The summed E-state index contributed by atoms with van der Waals surface area (Å²) in [5, 5.41) is 0. The third kappa shape index (κ3) is 5.43. The number of nitrogens with zero attached hydrogens (tertiary/aromatic N) is 1. The fourth-order valence-corrected chi connectivity index (χ4v) is 1.83. The van der Waals surface area contributed by atoms with E-state index in [0.717, 1.165) is 6.42 Å². The third-order valence-electron chi connectivity index (χ3n) is 2.50. The zero-order valence-corrected chi connectivity index (χ0v) is 10.4. The summed E-state index contributed by atoms with van der Waals surface area (Å²) < 4.78 is 0. The van der Waals surface area contributed by atoms with Gasteiger partial charge in [0.2, 0.25) is 0 Å². The highest BCUT2D eigenvalue weighted by Crippen LogP contribution is 2.08. The zero-order chi connectivity index (χ0) is 10.8. The van der Waals surface area contributed by atoms with E-state index in [1.54, 1.807) is 0 Å². The standard InChI is InChI=1S/C13H27N/c1-5-9-10-13(8-4)14(11-6-2)12-7-3/h9-10,13H,5-8,11-12H2,1-4H3. The summed E-state index contributed by atoms with van der Waals surface area (Å²) in [6.45, 7) is 11.5. The Kier molecular flexibility index (Phi) is 9.06. The van der Waals surface area contributed by atoms with E-state index < -0.39 is 0 Å². The molecule has 0 aliphatic carbocycles. The molecular weight excluding hydrogens is 170 g/mol. The summed E-state index contributed by atoms with van der Waals surface area (Å²) in [4.78, 5) is 2.60. The molecule has 0 aromatic carbocycles. The van der Waals surface area contributed by atoms with Crippen LogP contribution in [0.25, 0.3) is 0 Å². The largest absolute Gasteiger partial charge is 0.297 e. The average molecular weight is 197 g/mol. The van der Waals surface area contributed by atoms with E-state index in [2.05, 4.69) is 44.7 Å². The van der Waals surface area contributed by atoms with Gasteiger partial charge in [0.25, 0.3) is 0 Å². The van der Waals surface area contributed by atoms with Gasteiger partial charge in [0, 0.05) is 6.04 Å². The summed E-state index contributed by atoms with van der Waals surface area (Å²) in [6.07, 6.45) is 9.59. The Bertz CT molecular complexity index is 134. The monoisotopic (exact) mass is 197 g/mol. The van der Waals surface area contributed by atoms with Crippen LogP contribution in [-0.4, -0.2) is 24.0 Å². The molecule has 0 radical (unpaired) electrons. The van der Waals surface area contributed by atoms with Crippen molar-refractivity contribution in [2.24, 2.45) is 0 Å². The fourth-order valence-electron chi connectivity index (χ4n) is 1.83. The number of hydrogen-bond donors (Lipinski definition) is 0. The van der Waals surface area contributed by atoms with Crippen LogP contribution in [0.4, 0.5) is 0 Å². The van der Waals surface area contributed by atoms with Gasteiger partial charge in [0.1, 0.15) is 0 Å². The first-order chi connectivity index (χ1) is 6.79. The second-order valence-electron chi connectivity index (χ2n) is 3.85. The number of allylic oxidation sites excluding steroid dienone is 1. The molecule has 1 atom stereocenters. The summed E-state index contributed by atoms with van der Waals surface area (Å²) in [5.74, 6) is 0. The van der Waals surface area contributed by atoms with E-state index in [4.69, 9.17) is 0 Å². The van der Waals surface area contributed by atoms with Gasteiger partial charge in [0.15, 0.2) is 0 Å². The van der Waals surface area contributed by atoms with Crippen molar-refractivity contribution < 1.29 is 0 Å². The van der Waals surface area contributed by atoms with Crippen molar-refractivity contribution in [3.8, 4) is 0 Å². The third-order valence-corrected chi connectivity index (χ3v) is 2.50. The van der Waals surface area contributed by atoms with Gasteiger partial charge in [-0.2, -0.15) is 0 Å². The lowest BCUT2D eigenvalue weighted by molar-refractivity contribution is 0.224. The smallest absolute Gasteiger partial charge is 0.0275 e. The fraction of sp³-hybridized carbons (Fsp3) is 0.846. The van der Waals surface area contributed by atoms with Gasteiger partial charge < -0.3 is 0 Å². The molecule has 0 heterocycles. The molecule has 0 saturated carbocycles. The lowest BCUT2D eigenvalue weighted by atomic mass is 10.1. The van der Waals surface area contributed by atoms with Gasteiger partial charge in [-0.1, -0.05) is 39.8 Å². The van der Waals surface area contributed by atoms with Gasteiger partial charge in [-0.3, -0.25) is 4.90 Å². The van der Waals surface area contributed by atoms with Crippen LogP contribution >= 0.6 is 0 Å². The van der Waals surface area contributed by atoms with Crippen molar-refractivity contribution >= 4 is 0 Å². The van der Waals surface area contributed by atoms with Crippen molar-refractivity contribution in [3.63, 3.8) is 0 Å². The van der Waals surface area contributed by atoms with Crippen LogP contribution in [0.1, 0.15) is 53.4 Å². The molecule has 1 unspecified atom stereocenters. The highest BCUT2D eigenvalue weighted by atomic mass is 15.1. The first-order valence-corrected chi connectivity index (χ1v) is 6.20. The minimum absolute atomic E-state index is 0.662.